The van der Waals surface area contributed by atoms with Gasteiger partial charge in [-0.15, -0.1) is 13.2 Å². The van der Waals surface area contributed by atoms with Gasteiger partial charge in [0.25, 0.3) is 0 Å². The maximum absolute atomic E-state index is 13.0. The lowest BCUT2D eigenvalue weighted by Gasteiger charge is -2.17. The maximum Gasteiger partial charge on any atom is 0.573 e. The van der Waals surface area contributed by atoms with Gasteiger partial charge in [-0.2, -0.15) is 0 Å². The van der Waals surface area contributed by atoms with E-state index in [0.29, 0.717) is 5.69 Å². The lowest BCUT2D eigenvalue weighted by molar-refractivity contribution is -0.274. The number of rotatable bonds is 4. The van der Waals surface area contributed by atoms with Crippen molar-refractivity contribution in [1.82, 2.24) is 5.32 Å². The highest BCUT2D eigenvalue weighted by molar-refractivity contribution is 5.97. The van der Waals surface area contributed by atoms with Crippen molar-refractivity contribution < 1.29 is 31.9 Å². The van der Waals surface area contributed by atoms with Gasteiger partial charge in [0.1, 0.15) is 11.6 Å². The van der Waals surface area contributed by atoms with Gasteiger partial charge in [-0.1, -0.05) is 0 Å². The van der Waals surface area contributed by atoms with Crippen LogP contribution in [-0.4, -0.2) is 30.9 Å². The van der Waals surface area contributed by atoms with E-state index >= 15 is 0 Å². The predicted molar refractivity (Wildman–Crippen MR) is 92.4 cm³/mol. The van der Waals surface area contributed by atoms with E-state index in [-0.39, 0.29) is 24.6 Å². The quantitative estimate of drug-likeness (QED) is 0.774. The largest absolute Gasteiger partial charge is 0.573 e. The Morgan fingerprint density at radius 1 is 1.07 bits per heavy atom. The van der Waals surface area contributed by atoms with Gasteiger partial charge in [0.15, 0.2) is 0 Å². The average molecular weight is 397 g/mol. The third-order valence-corrected chi connectivity index (χ3v) is 3.94. The number of nitrogens with one attached hydrogen (secondary N) is 2. The summed E-state index contributed by atoms with van der Waals surface area (Å²) in [7, 11) is 0. The minimum Gasteiger partial charge on any atom is -0.406 e. The Hall–Kier alpha value is -3.30. The molecule has 0 saturated carbocycles. The second-order valence-electron chi connectivity index (χ2n) is 6.05. The normalized spacial score (nSPS) is 16.8. The molecule has 1 heterocycles. The predicted octanol–water partition coefficient (Wildman–Crippen LogP) is 3.65. The van der Waals surface area contributed by atoms with Crippen molar-refractivity contribution in [2.45, 2.75) is 18.8 Å². The molecule has 28 heavy (non-hydrogen) atoms. The first kappa shape index (κ1) is 19.5. The van der Waals surface area contributed by atoms with E-state index in [1.807, 2.05) is 0 Å². The van der Waals surface area contributed by atoms with Crippen LogP contribution >= 0.6 is 0 Å². The van der Waals surface area contributed by atoms with Crippen LogP contribution < -0.4 is 20.3 Å². The van der Waals surface area contributed by atoms with E-state index in [2.05, 4.69) is 15.4 Å². The van der Waals surface area contributed by atoms with Gasteiger partial charge in [-0.3, -0.25) is 4.79 Å². The molecule has 10 heteroatoms. The molecule has 0 aromatic heterocycles. The van der Waals surface area contributed by atoms with Gasteiger partial charge in [-0.05, 0) is 48.5 Å². The summed E-state index contributed by atoms with van der Waals surface area (Å²) in [6.45, 7) is 0.218. The minimum atomic E-state index is -4.79. The molecule has 6 nitrogen and oxygen atoms in total. The molecule has 0 aliphatic carbocycles. The molecular formula is C18H15F4N3O3. The van der Waals surface area contributed by atoms with E-state index in [1.165, 1.54) is 41.3 Å². The fraction of sp³-hybridized carbons (Fsp3) is 0.222. The number of carbonyl (C=O) groups excluding carboxylic acids is 2. The van der Waals surface area contributed by atoms with Crippen LogP contribution in [-0.2, 0) is 4.79 Å². The summed E-state index contributed by atoms with van der Waals surface area (Å²) in [5.41, 5.74) is 0.781. The number of alkyl halides is 3. The topological polar surface area (TPSA) is 70.7 Å². The molecule has 0 bridgehead atoms. The summed E-state index contributed by atoms with van der Waals surface area (Å²) in [6.07, 6.45) is -4.72. The molecule has 0 spiro atoms. The molecule has 1 aliphatic rings. The number of hydrogen-bond acceptors (Lipinski definition) is 3. The SMILES string of the molecule is O=C(Nc1ccc(OC(F)(F)F)cc1)N[C@H]1CC(=O)N(c2ccc(F)cc2)C1. The summed E-state index contributed by atoms with van der Waals surface area (Å²) >= 11 is 0. The lowest BCUT2D eigenvalue weighted by atomic mass is 10.2. The van der Waals surface area contributed by atoms with Crippen LogP contribution in [0.15, 0.2) is 48.5 Å². The highest BCUT2D eigenvalue weighted by Gasteiger charge is 2.32. The van der Waals surface area contributed by atoms with Crippen LogP contribution in [0.1, 0.15) is 6.42 Å². The second-order valence-corrected chi connectivity index (χ2v) is 6.05. The minimum absolute atomic E-state index is 0.0726. The first-order valence-electron chi connectivity index (χ1n) is 8.19. The Morgan fingerprint density at radius 3 is 2.32 bits per heavy atom. The van der Waals surface area contributed by atoms with Gasteiger partial charge in [0.05, 0.1) is 6.04 Å². The molecule has 3 amide bonds. The molecule has 3 rings (SSSR count). The van der Waals surface area contributed by atoms with Crippen molar-refractivity contribution in [1.29, 1.82) is 0 Å². The van der Waals surface area contributed by atoms with Gasteiger partial charge in [0, 0.05) is 24.3 Å². The number of anilines is 2. The van der Waals surface area contributed by atoms with Gasteiger partial charge < -0.3 is 20.3 Å². The maximum atomic E-state index is 13.0. The fourth-order valence-corrected chi connectivity index (χ4v) is 2.77. The van der Waals surface area contributed by atoms with Crippen molar-refractivity contribution in [3.63, 3.8) is 0 Å². The van der Waals surface area contributed by atoms with Crippen molar-refractivity contribution in [2.75, 3.05) is 16.8 Å². The summed E-state index contributed by atoms with van der Waals surface area (Å²) in [6, 6.07) is 8.99. The fourth-order valence-electron chi connectivity index (χ4n) is 2.77. The standard InChI is InChI=1S/C18H15F4N3O3/c19-11-1-5-14(6-2-11)25-10-13(9-16(25)26)24-17(27)23-12-3-7-15(8-4-12)28-18(20,21)22/h1-8,13H,9-10H2,(H2,23,24,27)/t13-/m0/s1. The Labute approximate surface area is 157 Å². The number of carbonyl (C=O) groups is 2. The van der Waals surface area contributed by atoms with E-state index in [9.17, 15) is 27.2 Å². The molecule has 1 saturated heterocycles. The van der Waals surface area contributed by atoms with E-state index in [4.69, 9.17) is 0 Å². The van der Waals surface area contributed by atoms with E-state index in [0.717, 1.165) is 12.1 Å². The summed E-state index contributed by atoms with van der Waals surface area (Å²) in [5, 5.41) is 5.09. The number of benzene rings is 2. The van der Waals surface area contributed by atoms with Crippen LogP contribution in [0.2, 0.25) is 0 Å². The Morgan fingerprint density at radius 2 is 1.71 bits per heavy atom. The third-order valence-electron chi connectivity index (χ3n) is 3.94. The van der Waals surface area contributed by atoms with E-state index < -0.39 is 30.0 Å². The number of halogens is 4. The summed E-state index contributed by atoms with van der Waals surface area (Å²) in [4.78, 5) is 25.6. The number of urea groups is 1. The molecule has 2 aromatic carbocycles. The molecule has 148 valence electrons. The van der Waals surface area contributed by atoms with Crippen molar-refractivity contribution in [3.05, 3.63) is 54.3 Å². The van der Waals surface area contributed by atoms with E-state index in [1.54, 1.807) is 0 Å². The average Bonchev–Trinajstić information content (AvgIpc) is 2.96. The third kappa shape index (κ3) is 5.12. The Bertz CT molecular complexity index is 854. The van der Waals surface area contributed by atoms with Gasteiger partial charge in [0.2, 0.25) is 5.91 Å². The monoisotopic (exact) mass is 397 g/mol. The molecule has 2 N–H and O–H groups in total. The summed E-state index contributed by atoms with van der Waals surface area (Å²) in [5.74, 6) is -1.04. The zero-order valence-electron chi connectivity index (χ0n) is 14.3. The smallest absolute Gasteiger partial charge is 0.406 e. The molecular weight excluding hydrogens is 382 g/mol. The first-order valence-corrected chi connectivity index (χ1v) is 8.19. The van der Waals surface area contributed by atoms with Crippen LogP contribution in [0.25, 0.3) is 0 Å². The molecule has 1 atom stereocenters. The number of ether oxygens (including phenoxy) is 1. The van der Waals surface area contributed by atoms with Crippen LogP contribution in [0.5, 0.6) is 5.75 Å². The molecule has 0 radical (unpaired) electrons. The van der Waals surface area contributed by atoms with Gasteiger partial charge in [-0.25, -0.2) is 9.18 Å². The summed E-state index contributed by atoms with van der Waals surface area (Å²) < 4.78 is 53.1. The van der Waals surface area contributed by atoms with Crippen molar-refractivity contribution in [3.8, 4) is 5.75 Å². The van der Waals surface area contributed by atoms with Crippen molar-refractivity contribution in [2.24, 2.45) is 0 Å². The lowest BCUT2D eigenvalue weighted by Crippen LogP contribution is -2.39. The molecule has 2 aromatic rings. The molecule has 1 aliphatic heterocycles. The molecule has 0 unspecified atom stereocenters. The van der Waals surface area contributed by atoms with Crippen LogP contribution in [0, 0.1) is 5.82 Å². The van der Waals surface area contributed by atoms with Crippen molar-refractivity contribution >= 4 is 23.3 Å². The van der Waals surface area contributed by atoms with Crippen LogP contribution in [0.3, 0.4) is 0 Å². The molecule has 1 fully saturated rings. The highest BCUT2D eigenvalue weighted by Crippen LogP contribution is 2.24. The number of hydrogen-bond donors (Lipinski definition) is 2. The number of amides is 3. The number of nitrogens with zero attached hydrogens (tertiary/aromatic N) is 1. The second kappa shape index (κ2) is 7.75. The zero-order valence-corrected chi connectivity index (χ0v) is 14.3. The Balaban J connectivity index is 1.54. The highest BCUT2D eigenvalue weighted by atomic mass is 19.4. The first-order chi connectivity index (χ1) is 13.2. The Kier molecular flexibility index (Phi) is 5.39. The van der Waals surface area contributed by atoms with Crippen LogP contribution in [0.4, 0.5) is 33.7 Å². The zero-order chi connectivity index (χ0) is 20.3. The van der Waals surface area contributed by atoms with Gasteiger partial charge >= 0.3 is 12.4 Å².